The molecule has 0 aliphatic carbocycles. The quantitative estimate of drug-likeness (QED) is 0.476. The highest BCUT2D eigenvalue weighted by Gasteiger charge is 2.07. The van der Waals surface area contributed by atoms with E-state index >= 15 is 0 Å². The van der Waals surface area contributed by atoms with E-state index in [4.69, 9.17) is 9.47 Å². The van der Waals surface area contributed by atoms with Gasteiger partial charge in [0.15, 0.2) is 0 Å². The number of hydrogen-bond donors (Lipinski definition) is 0. The lowest BCUT2D eigenvalue weighted by molar-refractivity contribution is -0.130. The summed E-state index contributed by atoms with van der Waals surface area (Å²) in [6.07, 6.45) is 1.10. The average molecular weight is 312 g/mol. The molecule has 4 heteroatoms. The van der Waals surface area contributed by atoms with Crippen LogP contribution in [0.15, 0.2) is 61.2 Å². The molecule has 0 atom stereocenters. The summed E-state index contributed by atoms with van der Waals surface area (Å²) in [5.41, 5.74) is 0.335. The zero-order valence-electron chi connectivity index (χ0n) is 13.6. The fourth-order valence-electron chi connectivity index (χ4n) is 1.68. The third-order valence-corrected chi connectivity index (χ3v) is 2.73. The van der Waals surface area contributed by atoms with E-state index in [1.54, 1.807) is 43.3 Å². The standard InChI is InChI=1S/C17H14O4.C2H6/c1-4-16(18)20-14-7-5-13-10-15(8-6-12(13)9-14)21-17(19)11(2)3;1-2/h4-10H,1-2H2,3H3;1-2H3. The van der Waals surface area contributed by atoms with E-state index in [1.165, 1.54) is 0 Å². The van der Waals surface area contributed by atoms with Crippen LogP contribution >= 0.6 is 0 Å². The van der Waals surface area contributed by atoms with Crippen LogP contribution in [0.1, 0.15) is 20.8 Å². The Labute approximate surface area is 136 Å². The Morgan fingerprint density at radius 2 is 1.43 bits per heavy atom. The predicted molar refractivity (Wildman–Crippen MR) is 91.6 cm³/mol. The summed E-state index contributed by atoms with van der Waals surface area (Å²) in [4.78, 5) is 22.6. The second-order valence-corrected chi connectivity index (χ2v) is 4.47. The molecular weight excluding hydrogens is 292 g/mol. The first-order chi connectivity index (χ1) is 11.0. The molecule has 2 aromatic rings. The van der Waals surface area contributed by atoms with Crippen molar-refractivity contribution in [2.45, 2.75) is 20.8 Å². The van der Waals surface area contributed by atoms with Gasteiger partial charge in [0.25, 0.3) is 0 Å². The smallest absolute Gasteiger partial charge is 0.338 e. The fraction of sp³-hybridized carbons (Fsp3) is 0.158. The molecule has 0 saturated carbocycles. The second kappa shape index (κ2) is 8.54. The molecule has 4 nitrogen and oxygen atoms in total. The van der Waals surface area contributed by atoms with Crippen molar-refractivity contribution in [3.05, 3.63) is 61.2 Å². The molecule has 0 radical (unpaired) electrons. The number of fused-ring (bicyclic) bond motifs is 1. The fourth-order valence-corrected chi connectivity index (χ4v) is 1.68. The molecule has 0 amide bonds. The molecule has 120 valence electrons. The minimum Gasteiger partial charge on any atom is -0.423 e. The molecule has 0 aliphatic heterocycles. The molecule has 0 heterocycles. The molecule has 23 heavy (non-hydrogen) atoms. The van der Waals surface area contributed by atoms with Crippen LogP contribution in [0.3, 0.4) is 0 Å². The number of ether oxygens (including phenoxy) is 2. The van der Waals surface area contributed by atoms with Gasteiger partial charge in [0.2, 0.25) is 0 Å². The Hall–Kier alpha value is -2.88. The molecule has 0 fully saturated rings. The van der Waals surface area contributed by atoms with Crippen LogP contribution in [0.2, 0.25) is 0 Å². The average Bonchev–Trinajstić information content (AvgIpc) is 2.56. The van der Waals surface area contributed by atoms with Crippen LogP contribution in [-0.2, 0) is 9.59 Å². The number of hydrogen-bond acceptors (Lipinski definition) is 4. The van der Waals surface area contributed by atoms with E-state index in [0.717, 1.165) is 16.8 Å². The summed E-state index contributed by atoms with van der Waals surface area (Å²) in [5.74, 6) is -0.113. The van der Waals surface area contributed by atoms with Gasteiger partial charge in [-0.15, -0.1) is 0 Å². The highest BCUT2D eigenvalue weighted by Crippen LogP contribution is 2.25. The van der Waals surface area contributed by atoms with Gasteiger partial charge in [-0.2, -0.15) is 0 Å². The monoisotopic (exact) mass is 312 g/mol. The lowest BCUT2D eigenvalue weighted by Gasteiger charge is -2.07. The van der Waals surface area contributed by atoms with Crippen LogP contribution < -0.4 is 9.47 Å². The molecule has 0 N–H and O–H groups in total. The van der Waals surface area contributed by atoms with E-state index in [1.807, 2.05) is 13.8 Å². The summed E-state index contributed by atoms with van der Waals surface area (Å²) in [5, 5.41) is 1.72. The van der Waals surface area contributed by atoms with E-state index in [0.29, 0.717) is 17.1 Å². The van der Waals surface area contributed by atoms with Gasteiger partial charge >= 0.3 is 11.9 Å². The van der Waals surface area contributed by atoms with Crippen molar-refractivity contribution in [2.24, 2.45) is 0 Å². The molecule has 0 bridgehead atoms. The van der Waals surface area contributed by atoms with Gasteiger partial charge in [-0.1, -0.05) is 39.1 Å². The topological polar surface area (TPSA) is 52.6 Å². The second-order valence-electron chi connectivity index (χ2n) is 4.47. The largest absolute Gasteiger partial charge is 0.423 e. The van der Waals surface area contributed by atoms with Gasteiger partial charge in [-0.3, -0.25) is 0 Å². The van der Waals surface area contributed by atoms with Gasteiger partial charge in [-0.25, -0.2) is 9.59 Å². The minimum absolute atomic E-state index is 0.335. The Kier molecular flexibility index (Phi) is 6.74. The van der Waals surface area contributed by atoms with Crippen molar-refractivity contribution >= 4 is 22.7 Å². The Balaban J connectivity index is 0.00000127. The maximum atomic E-state index is 11.5. The minimum atomic E-state index is -0.513. The molecule has 0 saturated heterocycles. The molecule has 0 aromatic heterocycles. The number of rotatable bonds is 4. The van der Waals surface area contributed by atoms with Crippen LogP contribution in [0, 0.1) is 0 Å². The molecule has 0 aliphatic rings. The number of esters is 2. The molecule has 0 spiro atoms. The SMILES string of the molecule is C=CC(=O)Oc1ccc2cc(OC(=O)C(=C)C)ccc2c1.CC. The van der Waals surface area contributed by atoms with Crippen LogP contribution in [0.5, 0.6) is 11.5 Å². The summed E-state index contributed by atoms with van der Waals surface area (Å²) in [7, 11) is 0. The van der Waals surface area contributed by atoms with Crippen molar-refractivity contribution in [3.63, 3.8) is 0 Å². The summed E-state index contributed by atoms with van der Waals surface area (Å²) in [6, 6.07) is 10.3. The zero-order valence-corrected chi connectivity index (χ0v) is 13.6. The summed E-state index contributed by atoms with van der Waals surface area (Å²) in [6.45, 7) is 12.5. The van der Waals surface area contributed by atoms with Gasteiger partial charge < -0.3 is 9.47 Å². The first-order valence-electron chi connectivity index (χ1n) is 7.25. The normalized spacial score (nSPS) is 9.35. The zero-order chi connectivity index (χ0) is 17.4. The lowest BCUT2D eigenvalue weighted by atomic mass is 10.1. The number of carbonyl (C=O) groups excluding carboxylic acids is 2. The molecular formula is C19H20O4. The Bertz CT molecular complexity index is 744. The first-order valence-corrected chi connectivity index (χ1v) is 7.25. The van der Waals surface area contributed by atoms with Gasteiger partial charge in [0, 0.05) is 11.6 Å². The summed E-state index contributed by atoms with van der Waals surface area (Å²) < 4.78 is 10.2. The van der Waals surface area contributed by atoms with Crippen molar-refractivity contribution < 1.29 is 19.1 Å². The molecule has 0 unspecified atom stereocenters. The van der Waals surface area contributed by atoms with Crippen molar-refractivity contribution in [1.82, 2.24) is 0 Å². The van der Waals surface area contributed by atoms with E-state index < -0.39 is 11.9 Å². The number of benzene rings is 2. The van der Waals surface area contributed by atoms with Gasteiger partial charge in [-0.05, 0) is 42.0 Å². The van der Waals surface area contributed by atoms with E-state index in [-0.39, 0.29) is 0 Å². The van der Waals surface area contributed by atoms with E-state index in [2.05, 4.69) is 13.2 Å². The highest BCUT2D eigenvalue weighted by molar-refractivity contribution is 5.91. The number of carbonyl (C=O) groups is 2. The third kappa shape index (κ3) is 5.11. The molecule has 2 aromatic carbocycles. The summed E-state index contributed by atoms with van der Waals surface area (Å²) >= 11 is 0. The lowest BCUT2D eigenvalue weighted by Crippen LogP contribution is -2.07. The van der Waals surface area contributed by atoms with Crippen LogP contribution in [-0.4, -0.2) is 11.9 Å². The first kappa shape index (κ1) is 18.2. The third-order valence-electron chi connectivity index (χ3n) is 2.73. The molecule has 2 rings (SSSR count). The van der Waals surface area contributed by atoms with Gasteiger partial charge in [0.1, 0.15) is 11.5 Å². The maximum Gasteiger partial charge on any atom is 0.338 e. The maximum absolute atomic E-state index is 11.5. The van der Waals surface area contributed by atoms with Crippen LogP contribution in [0.4, 0.5) is 0 Å². The van der Waals surface area contributed by atoms with Gasteiger partial charge in [0.05, 0.1) is 0 Å². The van der Waals surface area contributed by atoms with E-state index in [9.17, 15) is 9.59 Å². The van der Waals surface area contributed by atoms with Crippen molar-refractivity contribution in [1.29, 1.82) is 0 Å². The van der Waals surface area contributed by atoms with Crippen molar-refractivity contribution in [3.8, 4) is 11.5 Å². The van der Waals surface area contributed by atoms with Crippen molar-refractivity contribution in [2.75, 3.05) is 0 Å². The predicted octanol–water partition coefficient (Wildman–Crippen LogP) is 4.44. The highest BCUT2D eigenvalue weighted by atomic mass is 16.5. The van der Waals surface area contributed by atoms with Crippen LogP contribution in [0.25, 0.3) is 10.8 Å². The Morgan fingerprint density at radius 1 is 0.957 bits per heavy atom. The Morgan fingerprint density at radius 3 is 1.87 bits per heavy atom.